The molecule has 1 heterocycles. The van der Waals surface area contributed by atoms with Gasteiger partial charge in [-0.1, -0.05) is 18.2 Å². The molecule has 1 amide bonds. The number of aromatic amines is 1. The lowest BCUT2D eigenvalue weighted by Gasteiger charge is -2.16. The van der Waals surface area contributed by atoms with Crippen LogP contribution in [0.1, 0.15) is 34.8 Å². The average Bonchev–Trinajstić information content (AvgIpc) is 3.31. The standard InChI is InChI=1S/C16H16N2O2/c1-18(12-5-3-2-4-6-12)16(20)13-9-10-14(11-7-8-11)17-15(13)19/h2-6,9-11H,7-8H2,1H3,(H,17,19). The number of carbonyl (C=O) groups is 1. The largest absolute Gasteiger partial charge is 0.325 e. The fourth-order valence-electron chi connectivity index (χ4n) is 2.24. The lowest BCUT2D eigenvalue weighted by molar-refractivity contribution is 0.0991. The molecule has 4 heteroatoms. The van der Waals surface area contributed by atoms with Crippen LogP contribution in [0, 0.1) is 0 Å². The number of H-pyrrole nitrogens is 1. The summed E-state index contributed by atoms with van der Waals surface area (Å²) < 4.78 is 0. The molecule has 0 unspecified atom stereocenters. The zero-order chi connectivity index (χ0) is 14.1. The molecule has 1 aliphatic rings. The molecule has 1 saturated carbocycles. The van der Waals surface area contributed by atoms with Crippen molar-refractivity contribution in [1.29, 1.82) is 0 Å². The van der Waals surface area contributed by atoms with Crippen molar-refractivity contribution in [2.75, 3.05) is 11.9 Å². The molecule has 0 aliphatic heterocycles. The highest BCUT2D eigenvalue weighted by Crippen LogP contribution is 2.38. The fourth-order valence-corrected chi connectivity index (χ4v) is 2.24. The minimum absolute atomic E-state index is 0.181. The number of para-hydroxylation sites is 1. The van der Waals surface area contributed by atoms with Gasteiger partial charge >= 0.3 is 0 Å². The molecule has 4 nitrogen and oxygen atoms in total. The number of rotatable bonds is 3. The molecule has 0 spiro atoms. The van der Waals surface area contributed by atoms with Crippen molar-refractivity contribution >= 4 is 11.6 Å². The highest BCUT2D eigenvalue weighted by molar-refractivity contribution is 6.05. The second kappa shape index (κ2) is 4.96. The van der Waals surface area contributed by atoms with Crippen molar-refractivity contribution in [3.63, 3.8) is 0 Å². The van der Waals surface area contributed by atoms with E-state index in [-0.39, 0.29) is 17.0 Å². The summed E-state index contributed by atoms with van der Waals surface area (Å²) in [5.41, 5.74) is 1.58. The molecule has 1 N–H and O–H groups in total. The summed E-state index contributed by atoms with van der Waals surface area (Å²) in [6.07, 6.45) is 2.24. The minimum Gasteiger partial charge on any atom is -0.325 e. The molecule has 1 fully saturated rings. The number of nitrogens with zero attached hydrogens (tertiary/aromatic N) is 1. The number of benzene rings is 1. The zero-order valence-electron chi connectivity index (χ0n) is 11.3. The maximum atomic E-state index is 12.4. The summed E-state index contributed by atoms with van der Waals surface area (Å²) >= 11 is 0. The number of hydrogen-bond acceptors (Lipinski definition) is 2. The summed E-state index contributed by atoms with van der Waals surface area (Å²) in [6, 6.07) is 12.8. The van der Waals surface area contributed by atoms with Crippen molar-refractivity contribution in [2.24, 2.45) is 0 Å². The quantitative estimate of drug-likeness (QED) is 0.930. The molecule has 2 aromatic rings. The molecule has 0 saturated heterocycles. The molecular weight excluding hydrogens is 252 g/mol. The first-order chi connectivity index (χ1) is 9.66. The van der Waals surface area contributed by atoms with Gasteiger partial charge in [0.25, 0.3) is 11.5 Å². The predicted octanol–water partition coefficient (Wildman–Crippen LogP) is 2.53. The summed E-state index contributed by atoms with van der Waals surface area (Å²) in [7, 11) is 1.67. The Bertz CT molecular complexity index is 687. The van der Waals surface area contributed by atoms with Crippen LogP contribution in [0.2, 0.25) is 0 Å². The van der Waals surface area contributed by atoms with Crippen LogP contribution in [0.3, 0.4) is 0 Å². The van der Waals surface area contributed by atoms with Gasteiger partial charge in [0.15, 0.2) is 0 Å². The first-order valence-corrected chi connectivity index (χ1v) is 6.73. The Hall–Kier alpha value is -2.36. The van der Waals surface area contributed by atoms with Gasteiger partial charge < -0.3 is 9.88 Å². The van der Waals surface area contributed by atoms with E-state index in [4.69, 9.17) is 0 Å². The van der Waals surface area contributed by atoms with E-state index in [2.05, 4.69) is 4.98 Å². The van der Waals surface area contributed by atoms with Crippen LogP contribution in [-0.4, -0.2) is 17.9 Å². The number of amides is 1. The van der Waals surface area contributed by atoms with E-state index in [1.54, 1.807) is 13.1 Å². The highest BCUT2D eigenvalue weighted by atomic mass is 16.2. The lowest BCUT2D eigenvalue weighted by atomic mass is 10.2. The molecule has 1 aromatic heterocycles. The van der Waals surface area contributed by atoms with Crippen LogP contribution >= 0.6 is 0 Å². The molecular formula is C16H16N2O2. The van der Waals surface area contributed by atoms with Crippen LogP contribution in [0.15, 0.2) is 47.3 Å². The normalized spacial score (nSPS) is 14.1. The van der Waals surface area contributed by atoms with E-state index in [0.717, 1.165) is 24.2 Å². The van der Waals surface area contributed by atoms with Gasteiger partial charge in [0.2, 0.25) is 0 Å². The van der Waals surface area contributed by atoms with Crippen LogP contribution in [0.4, 0.5) is 5.69 Å². The third-order valence-electron chi connectivity index (χ3n) is 3.63. The van der Waals surface area contributed by atoms with E-state index < -0.39 is 0 Å². The third kappa shape index (κ3) is 2.37. The number of aromatic nitrogens is 1. The van der Waals surface area contributed by atoms with Crippen LogP contribution in [-0.2, 0) is 0 Å². The van der Waals surface area contributed by atoms with E-state index >= 15 is 0 Å². The van der Waals surface area contributed by atoms with Crippen molar-refractivity contribution in [3.8, 4) is 0 Å². The number of nitrogens with one attached hydrogen (secondary N) is 1. The topological polar surface area (TPSA) is 53.2 Å². The zero-order valence-corrected chi connectivity index (χ0v) is 11.3. The summed E-state index contributed by atoms with van der Waals surface area (Å²) in [6.45, 7) is 0. The van der Waals surface area contributed by atoms with Crippen LogP contribution in [0.5, 0.6) is 0 Å². The Kier molecular flexibility index (Phi) is 3.14. The van der Waals surface area contributed by atoms with Gasteiger partial charge in [0.1, 0.15) is 5.56 Å². The summed E-state index contributed by atoms with van der Waals surface area (Å²) in [5.74, 6) is 0.179. The molecule has 0 radical (unpaired) electrons. The number of pyridine rings is 1. The van der Waals surface area contributed by atoms with Gasteiger partial charge in [0.05, 0.1) is 0 Å². The maximum absolute atomic E-state index is 12.4. The molecule has 1 aliphatic carbocycles. The van der Waals surface area contributed by atoms with Gasteiger partial charge in [-0.05, 0) is 43.0 Å². The first-order valence-electron chi connectivity index (χ1n) is 6.73. The van der Waals surface area contributed by atoms with Gasteiger partial charge in [-0.2, -0.15) is 0 Å². The predicted molar refractivity (Wildman–Crippen MR) is 78.2 cm³/mol. The second-order valence-corrected chi connectivity index (χ2v) is 5.13. The first kappa shape index (κ1) is 12.7. The average molecular weight is 268 g/mol. The maximum Gasteiger partial charge on any atom is 0.263 e. The number of carbonyl (C=O) groups excluding carboxylic acids is 1. The number of hydrogen-bond donors (Lipinski definition) is 1. The summed E-state index contributed by atoms with van der Waals surface area (Å²) in [4.78, 5) is 28.7. The van der Waals surface area contributed by atoms with Gasteiger partial charge in [-0.15, -0.1) is 0 Å². The minimum atomic E-state index is -0.304. The monoisotopic (exact) mass is 268 g/mol. The SMILES string of the molecule is CN(C(=O)c1ccc(C2CC2)[nH]c1=O)c1ccccc1. The lowest BCUT2D eigenvalue weighted by Crippen LogP contribution is -2.31. The van der Waals surface area contributed by atoms with E-state index in [9.17, 15) is 9.59 Å². The Morgan fingerprint density at radius 2 is 1.85 bits per heavy atom. The molecule has 102 valence electrons. The fraction of sp³-hybridized carbons (Fsp3) is 0.250. The van der Waals surface area contributed by atoms with Gasteiger partial charge in [0, 0.05) is 18.4 Å². The smallest absolute Gasteiger partial charge is 0.263 e. The Morgan fingerprint density at radius 1 is 1.15 bits per heavy atom. The van der Waals surface area contributed by atoms with Crippen molar-refractivity contribution in [3.05, 3.63) is 64.1 Å². The Labute approximate surface area is 117 Å². The highest BCUT2D eigenvalue weighted by Gasteiger charge is 2.25. The Balaban J connectivity index is 1.88. The van der Waals surface area contributed by atoms with Crippen molar-refractivity contribution < 1.29 is 4.79 Å². The molecule has 0 atom stereocenters. The summed E-state index contributed by atoms with van der Waals surface area (Å²) in [5, 5.41) is 0. The van der Waals surface area contributed by atoms with E-state index in [0.29, 0.717) is 5.92 Å². The van der Waals surface area contributed by atoms with Gasteiger partial charge in [-0.3, -0.25) is 9.59 Å². The number of anilines is 1. The van der Waals surface area contributed by atoms with Gasteiger partial charge in [-0.25, -0.2) is 0 Å². The molecule has 20 heavy (non-hydrogen) atoms. The van der Waals surface area contributed by atoms with E-state index in [1.165, 1.54) is 4.90 Å². The van der Waals surface area contributed by atoms with Crippen molar-refractivity contribution in [1.82, 2.24) is 4.98 Å². The van der Waals surface area contributed by atoms with Crippen LogP contribution in [0.25, 0.3) is 0 Å². The van der Waals surface area contributed by atoms with Crippen molar-refractivity contribution in [2.45, 2.75) is 18.8 Å². The second-order valence-electron chi connectivity index (χ2n) is 5.13. The molecule has 0 bridgehead atoms. The molecule has 3 rings (SSSR count). The van der Waals surface area contributed by atoms with E-state index in [1.807, 2.05) is 36.4 Å². The molecule has 1 aromatic carbocycles. The Morgan fingerprint density at radius 3 is 2.45 bits per heavy atom. The van der Waals surface area contributed by atoms with Crippen LogP contribution < -0.4 is 10.5 Å². The third-order valence-corrected chi connectivity index (χ3v) is 3.63.